The first kappa shape index (κ1) is 12.5. The highest BCUT2D eigenvalue weighted by Gasteiger charge is 2.03. The van der Waals surface area contributed by atoms with Crippen LogP contribution in [0.5, 0.6) is 0 Å². The predicted octanol–water partition coefficient (Wildman–Crippen LogP) is 3.27. The van der Waals surface area contributed by atoms with Crippen molar-refractivity contribution in [1.82, 2.24) is 0 Å². The summed E-state index contributed by atoms with van der Waals surface area (Å²) in [5, 5.41) is 0. The van der Waals surface area contributed by atoms with E-state index < -0.39 is 0 Å². The Morgan fingerprint density at radius 2 is 2.06 bits per heavy atom. The number of carbonyl (C=O) groups excluding carboxylic acids is 1. The molecule has 1 aromatic carbocycles. The first-order chi connectivity index (χ1) is 7.54. The number of esters is 1. The standard InChI is InChI=1S/C14H18O2/c1-5-16-14(15)9-12(4)13-7-6-10(2)8-11(13)3/h6-9H,5H2,1-4H3. The summed E-state index contributed by atoms with van der Waals surface area (Å²) in [5.74, 6) is -0.278. The van der Waals surface area contributed by atoms with E-state index in [1.165, 1.54) is 11.1 Å². The van der Waals surface area contributed by atoms with E-state index in [0.717, 1.165) is 11.1 Å². The fraction of sp³-hybridized carbons (Fsp3) is 0.357. The van der Waals surface area contributed by atoms with Crippen molar-refractivity contribution < 1.29 is 9.53 Å². The van der Waals surface area contributed by atoms with Crippen LogP contribution in [0, 0.1) is 13.8 Å². The highest BCUT2D eigenvalue weighted by molar-refractivity contribution is 5.91. The molecule has 0 radical (unpaired) electrons. The average molecular weight is 218 g/mol. The van der Waals surface area contributed by atoms with E-state index in [1.54, 1.807) is 13.0 Å². The van der Waals surface area contributed by atoms with E-state index >= 15 is 0 Å². The molecule has 0 N–H and O–H groups in total. The Bertz CT molecular complexity index is 417. The van der Waals surface area contributed by atoms with Gasteiger partial charge >= 0.3 is 5.97 Å². The molecule has 0 saturated heterocycles. The van der Waals surface area contributed by atoms with Gasteiger partial charge in [-0.1, -0.05) is 23.8 Å². The number of hydrogen-bond donors (Lipinski definition) is 0. The van der Waals surface area contributed by atoms with Gasteiger partial charge in [0.2, 0.25) is 0 Å². The predicted molar refractivity (Wildman–Crippen MR) is 66.2 cm³/mol. The number of carbonyl (C=O) groups is 1. The van der Waals surface area contributed by atoms with Gasteiger partial charge in [0.25, 0.3) is 0 Å². The number of allylic oxidation sites excluding steroid dienone is 1. The van der Waals surface area contributed by atoms with Crippen LogP contribution in [0.4, 0.5) is 0 Å². The molecule has 1 rings (SSSR count). The van der Waals surface area contributed by atoms with Crippen molar-refractivity contribution >= 4 is 11.5 Å². The van der Waals surface area contributed by atoms with Crippen molar-refractivity contribution in [3.05, 3.63) is 41.0 Å². The molecule has 0 amide bonds. The molecule has 2 heteroatoms. The molecule has 16 heavy (non-hydrogen) atoms. The van der Waals surface area contributed by atoms with Crippen molar-refractivity contribution in [3.63, 3.8) is 0 Å². The molecule has 0 atom stereocenters. The maximum atomic E-state index is 11.3. The second kappa shape index (κ2) is 5.50. The summed E-state index contributed by atoms with van der Waals surface area (Å²) in [6.45, 7) is 8.24. The fourth-order valence-electron chi connectivity index (χ4n) is 1.69. The van der Waals surface area contributed by atoms with Crippen molar-refractivity contribution in [2.75, 3.05) is 6.61 Å². The molecular weight excluding hydrogens is 200 g/mol. The minimum Gasteiger partial charge on any atom is -0.463 e. The zero-order chi connectivity index (χ0) is 12.1. The van der Waals surface area contributed by atoms with Gasteiger partial charge in [-0.25, -0.2) is 4.79 Å². The Hall–Kier alpha value is -1.57. The van der Waals surface area contributed by atoms with E-state index in [0.29, 0.717) is 6.61 Å². The summed E-state index contributed by atoms with van der Waals surface area (Å²) in [6.07, 6.45) is 1.54. The van der Waals surface area contributed by atoms with Crippen molar-refractivity contribution in [1.29, 1.82) is 0 Å². The molecule has 1 aromatic rings. The molecule has 0 aliphatic carbocycles. The van der Waals surface area contributed by atoms with Crippen LogP contribution in [0.2, 0.25) is 0 Å². The first-order valence-corrected chi connectivity index (χ1v) is 5.47. The van der Waals surface area contributed by atoms with Gasteiger partial charge in [0.1, 0.15) is 0 Å². The third kappa shape index (κ3) is 3.23. The Kier molecular flexibility index (Phi) is 4.29. The maximum Gasteiger partial charge on any atom is 0.331 e. The van der Waals surface area contributed by atoms with Gasteiger partial charge in [0.05, 0.1) is 6.61 Å². The summed E-state index contributed by atoms with van der Waals surface area (Å²) >= 11 is 0. The Morgan fingerprint density at radius 3 is 2.62 bits per heavy atom. The lowest BCUT2D eigenvalue weighted by Crippen LogP contribution is -2.00. The minimum absolute atomic E-state index is 0.278. The third-order valence-electron chi connectivity index (χ3n) is 2.43. The number of aryl methyl sites for hydroxylation is 2. The van der Waals surface area contributed by atoms with E-state index in [2.05, 4.69) is 13.0 Å². The number of benzene rings is 1. The molecule has 0 heterocycles. The molecule has 0 saturated carbocycles. The van der Waals surface area contributed by atoms with Crippen molar-refractivity contribution in [2.45, 2.75) is 27.7 Å². The molecule has 86 valence electrons. The Morgan fingerprint density at radius 1 is 1.38 bits per heavy atom. The normalized spacial score (nSPS) is 11.4. The zero-order valence-corrected chi connectivity index (χ0v) is 10.3. The number of ether oxygens (including phenoxy) is 1. The molecule has 0 aliphatic heterocycles. The zero-order valence-electron chi connectivity index (χ0n) is 10.3. The van der Waals surface area contributed by atoms with Gasteiger partial charge < -0.3 is 4.74 Å². The average Bonchev–Trinajstić information content (AvgIpc) is 2.17. The van der Waals surface area contributed by atoms with Gasteiger partial charge in [-0.2, -0.15) is 0 Å². The van der Waals surface area contributed by atoms with Gasteiger partial charge in [0.15, 0.2) is 0 Å². The summed E-state index contributed by atoms with van der Waals surface area (Å²) in [7, 11) is 0. The van der Waals surface area contributed by atoms with E-state index in [9.17, 15) is 4.79 Å². The van der Waals surface area contributed by atoms with E-state index in [1.807, 2.05) is 26.0 Å². The van der Waals surface area contributed by atoms with Gasteiger partial charge in [-0.3, -0.25) is 0 Å². The summed E-state index contributed by atoms with van der Waals surface area (Å²) in [4.78, 5) is 11.3. The van der Waals surface area contributed by atoms with Crippen LogP contribution < -0.4 is 0 Å². The lowest BCUT2D eigenvalue weighted by Gasteiger charge is -2.07. The topological polar surface area (TPSA) is 26.3 Å². The molecular formula is C14H18O2. The van der Waals surface area contributed by atoms with Crippen molar-refractivity contribution in [3.8, 4) is 0 Å². The van der Waals surface area contributed by atoms with Crippen LogP contribution in [-0.2, 0) is 9.53 Å². The number of rotatable bonds is 3. The molecule has 0 aliphatic rings. The fourth-order valence-corrected chi connectivity index (χ4v) is 1.69. The molecule has 0 aromatic heterocycles. The molecule has 0 unspecified atom stereocenters. The SMILES string of the molecule is CCOC(=O)C=C(C)c1ccc(C)cc1C. The van der Waals surface area contributed by atoms with Gasteiger partial charge in [-0.15, -0.1) is 0 Å². The maximum absolute atomic E-state index is 11.3. The van der Waals surface area contributed by atoms with Crippen LogP contribution in [0.15, 0.2) is 24.3 Å². The van der Waals surface area contributed by atoms with Crippen molar-refractivity contribution in [2.24, 2.45) is 0 Å². The third-order valence-corrected chi connectivity index (χ3v) is 2.43. The van der Waals surface area contributed by atoms with E-state index in [4.69, 9.17) is 4.74 Å². The largest absolute Gasteiger partial charge is 0.463 e. The molecule has 0 spiro atoms. The van der Waals surface area contributed by atoms with Gasteiger partial charge in [0, 0.05) is 6.08 Å². The van der Waals surface area contributed by atoms with Crippen LogP contribution in [0.25, 0.3) is 5.57 Å². The minimum atomic E-state index is -0.278. The Labute approximate surface area is 96.9 Å². The summed E-state index contributed by atoms with van der Waals surface area (Å²) in [5.41, 5.74) is 4.44. The van der Waals surface area contributed by atoms with Crippen LogP contribution >= 0.6 is 0 Å². The number of hydrogen-bond acceptors (Lipinski definition) is 2. The summed E-state index contributed by atoms with van der Waals surface area (Å²) < 4.78 is 4.88. The highest BCUT2D eigenvalue weighted by atomic mass is 16.5. The van der Waals surface area contributed by atoms with Gasteiger partial charge in [-0.05, 0) is 44.4 Å². The smallest absolute Gasteiger partial charge is 0.331 e. The molecule has 0 fully saturated rings. The second-order valence-electron chi connectivity index (χ2n) is 3.90. The van der Waals surface area contributed by atoms with Crippen LogP contribution in [-0.4, -0.2) is 12.6 Å². The second-order valence-corrected chi connectivity index (χ2v) is 3.90. The quantitative estimate of drug-likeness (QED) is 0.575. The molecule has 2 nitrogen and oxygen atoms in total. The van der Waals surface area contributed by atoms with E-state index in [-0.39, 0.29) is 5.97 Å². The Balaban J connectivity index is 2.96. The lowest BCUT2D eigenvalue weighted by atomic mass is 9.99. The lowest BCUT2D eigenvalue weighted by molar-refractivity contribution is -0.137. The highest BCUT2D eigenvalue weighted by Crippen LogP contribution is 2.19. The first-order valence-electron chi connectivity index (χ1n) is 5.47. The summed E-state index contributed by atoms with van der Waals surface area (Å²) in [6, 6.07) is 6.19. The molecule has 0 bridgehead atoms. The van der Waals surface area contributed by atoms with Crippen LogP contribution in [0.3, 0.4) is 0 Å². The monoisotopic (exact) mass is 218 g/mol. The van der Waals surface area contributed by atoms with Crippen LogP contribution in [0.1, 0.15) is 30.5 Å².